The SMILES string of the molecule is CC(C)(C(N)c1ccc2c(c1)OCCCO2)N1CCCC1. The molecule has 1 saturated heterocycles. The van der Waals surface area contributed by atoms with Crippen molar-refractivity contribution in [1.29, 1.82) is 0 Å². The summed E-state index contributed by atoms with van der Waals surface area (Å²) in [5.41, 5.74) is 7.66. The number of hydrogen-bond donors (Lipinski definition) is 1. The molecule has 4 nitrogen and oxygen atoms in total. The minimum absolute atomic E-state index is 0.0345. The summed E-state index contributed by atoms with van der Waals surface area (Å²) in [5, 5.41) is 0. The van der Waals surface area contributed by atoms with Gasteiger partial charge in [0.1, 0.15) is 0 Å². The average molecular weight is 290 g/mol. The quantitative estimate of drug-likeness (QED) is 0.930. The first kappa shape index (κ1) is 14.7. The second-order valence-electron chi connectivity index (χ2n) is 6.58. The van der Waals surface area contributed by atoms with E-state index >= 15 is 0 Å². The van der Waals surface area contributed by atoms with E-state index in [0.29, 0.717) is 6.61 Å². The molecule has 0 aromatic heterocycles. The van der Waals surface area contributed by atoms with Gasteiger partial charge in [0.15, 0.2) is 11.5 Å². The Hall–Kier alpha value is -1.26. The molecule has 1 atom stereocenters. The molecule has 1 fully saturated rings. The summed E-state index contributed by atoms with van der Waals surface area (Å²) in [5.74, 6) is 1.67. The van der Waals surface area contributed by atoms with E-state index in [1.54, 1.807) is 0 Å². The fourth-order valence-electron chi connectivity index (χ4n) is 3.27. The van der Waals surface area contributed by atoms with E-state index in [0.717, 1.165) is 43.2 Å². The number of fused-ring (bicyclic) bond motifs is 1. The third-order valence-corrected chi connectivity index (χ3v) is 4.81. The monoisotopic (exact) mass is 290 g/mol. The van der Waals surface area contributed by atoms with Crippen molar-refractivity contribution in [3.8, 4) is 11.5 Å². The summed E-state index contributed by atoms with van der Waals surface area (Å²) in [6.45, 7) is 8.20. The van der Waals surface area contributed by atoms with Crippen LogP contribution in [0.1, 0.15) is 44.7 Å². The van der Waals surface area contributed by atoms with Crippen molar-refractivity contribution in [1.82, 2.24) is 4.90 Å². The van der Waals surface area contributed by atoms with Gasteiger partial charge in [-0.25, -0.2) is 0 Å². The fourth-order valence-corrected chi connectivity index (χ4v) is 3.27. The van der Waals surface area contributed by atoms with Crippen LogP contribution in [0, 0.1) is 0 Å². The Kier molecular flexibility index (Phi) is 4.09. The van der Waals surface area contributed by atoms with Crippen LogP contribution >= 0.6 is 0 Å². The summed E-state index contributed by atoms with van der Waals surface area (Å²) < 4.78 is 11.5. The maximum absolute atomic E-state index is 6.59. The molecule has 1 unspecified atom stereocenters. The first-order chi connectivity index (χ1) is 10.1. The van der Waals surface area contributed by atoms with E-state index in [2.05, 4.69) is 30.9 Å². The van der Waals surface area contributed by atoms with Gasteiger partial charge in [0, 0.05) is 18.0 Å². The molecule has 2 aliphatic rings. The van der Waals surface area contributed by atoms with Crippen LogP contribution in [-0.4, -0.2) is 36.7 Å². The van der Waals surface area contributed by atoms with Crippen LogP contribution in [0.5, 0.6) is 11.5 Å². The molecule has 2 heterocycles. The first-order valence-electron chi connectivity index (χ1n) is 7.99. The van der Waals surface area contributed by atoms with Crippen molar-refractivity contribution in [3.63, 3.8) is 0 Å². The lowest BCUT2D eigenvalue weighted by atomic mass is 9.87. The van der Waals surface area contributed by atoms with Gasteiger partial charge in [-0.3, -0.25) is 4.90 Å². The van der Waals surface area contributed by atoms with Gasteiger partial charge in [0.25, 0.3) is 0 Å². The predicted octanol–water partition coefficient (Wildman–Crippen LogP) is 2.72. The second kappa shape index (κ2) is 5.85. The number of hydrogen-bond acceptors (Lipinski definition) is 4. The number of likely N-dealkylation sites (tertiary alicyclic amines) is 1. The Balaban J connectivity index is 1.83. The van der Waals surface area contributed by atoms with E-state index in [4.69, 9.17) is 15.2 Å². The van der Waals surface area contributed by atoms with Gasteiger partial charge < -0.3 is 15.2 Å². The molecular formula is C17H26N2O2. The van der Waals surface area contributed by atoms with E-state index < -0.39 is 0 Å². The summed E-state index contributed by atoms with van der Waals surface area (Å²) in [6.07, 6.45) is 3.48. The normalized spacial score (nSPS) is 21.1. The molecule has 0 saturated carbocycles. The van der Waals surface area contributed by atoms with Crippen molar-refractivity contribution in [2.75, 3.05) is 26.3 Å². The van der Waals surface area contributed by atoms with Crippen molar-refractivity contribution in [2.24, 2.45) is 5.73 Å². The third kappa shape index (κ3) is 2.87. The van der Waals surface area contributed by atoms with Gasteiger partial charge in [0.2, 0.25) is 0 Å². The number of nitrogens with two attached hydrogens (primary N) is 1. The Morgan fingerprint density at radius 3 is 2.43 bits per heavy atom. The number of nitrogens with zero attached hydrogens (tertiary/aromatic N) is 1. The first-order valence-corrected chi connectivity index (χ1v) is 7.99. The zero-order chi connectivity index (χ0) is 14.9. The van der Waals surface area contributed by atoms with Crippen LogP contribution < -0.4 is 15.2 Å². The van der Waals surface area contributed by atoms with Crippen LogP contribution in [-0.2, 0) is 0 Å². The molecule has 0 aliphatic carbocycles. The van der Waals surface area contributed by atoms with Gasteiger partial charge in [-0.2, -0.15) is 0 Å². The zero-order valence-electron chi connectivity index (χ0n) is 13.1. The standard InChI is InChI=1S/C17H26N2O2/c1-17(2,19-8-3-4-9-19)16(18)13-6-7-14-15(12-13)21-11-5-10-20-14/h6-7,12,16H,3-5,8-11,18H2,1-2H3. The minimum atomic E-state index is -0.0453. The van der Waals surface area contributed by atoms with E-state index in [9.17, 15) is 0 Å². The maximum atomic E-state index is 6.59. The van der Waals surface area contributed by atoms with E-state index in [-0.39, 0.29) is 11.6 Å². The average Bonchev–Trinajstić information content (AvgIpc) is 2.93. The Morgan fingerprint density at radius 2 is 1.71 bits per heavy atom. The molecule has 116 valence electrons. The van der Waals surface area contributed by atoms with Crippen molar-refractivity contribution in [2.45, 2.75) is 44.7 Å². The van der Waals surface area contributed by atoms with Gasteiger partial charge in [0.05, 0.1) is 13.2 Å². The lowest BCUT2D eigenvalue weighted by molar-refractivity contribution is 0.124. The molecule has 21 heavy (non-hydrogen) atoms. The fraction of sp³-hybridized carbons (Fsp3) is 0.647. The van der Waals surface area contributed by atoms with Crippen LogP contribution in [0.15, 0.2) is 18.2 Å². The predicted molar refractivity (Wildman–Crippen MR) is 83.9 cm³/mol. The van der Waals surface area contributed by atoms with Crippen LogP contribution in [0.2, 0.25) is 0 Å². The largest absolute Gasteiger partial charge is 0.490 e. The third-order valence-electron chi connectivity index (χ3n) is 4.81. The van der Waals surface area contributed by atoms with Gasteiger partial charge in [-0.1, -0.05) is 6.07 Å². The molecule has 2 aliphatic heterocycles. The smallest absolute Gasteiger partial charge is 0.161 e. The summed E-state index contributed by atoms with van der Waals surface area (Å²) in [7, 11) is 0. The molecule has 4 heteroatoms. The lowest BCUT2D eigenvalue weighted by Gasteiger charge is -2.40. The summed E-state index contributed by atoms with van der Waals surface area (Å²) in [4.78, 5) is 2.50. The molecule has 3 rings (SSSR count). The minimum Gasteiger partial charge on any atom is -0.490 e. The summed E-state index contributed by atoms with van der Waals surface area (Å²) in [6, 6.07) is 6.10. The van der Waals surface area contributed by atoms with Gasteiger partial charge in [-0.15, -0.1) is 0 Å². The Morgan fingerprint density at radius 1 is 1.05 bits per heavy atom. The molecule has 1 aromatic carbocycles. The number of rotatable bonds is 3. The highest BCUT2D eigenvalue weighted by atomic mass is 16.5. The summed E-state index contributed by atoms with van der Waals surface area (Å²) >= 11 is 0. The van der Waals surface area contributed by atoms with E-state index in [1.165, 1.54) is 12.8 Å². The van der Waals surface area contributed by atoms with Crippen molar-refractivity contribution >= 4 is 0 Å². The maximum Gasteiger partial charge on any atom is 0.161 e. The van der Waals surface area contributed by atoms with E-state index in [1.807, 2.05) is 6.07 Å². The van der Waals surface area contributed by atoms with Gasteiger partial charge in [-0.05, 0) is 57.5 Å². The van der Waals surface area contributed by atoms with Gasteiger partial charge >= 0.3 is 0 Å². The van der Waals surface area contributed by atoms with Crippen LogP contribution in [0.4, 0.5) is 0 Å². The zero-order valence-corrected chi connectivity index (χ0v) is 13.1. The molecular weight excluding hydrogens is 264 g/mol. The molecule has 0 bridgehead atoms. The highest BCUT2D eigenvalue weighted by Gasteiger charge is 2.35. The van der Waals surface area contributed by atoms with Crippen molar-refractivity contribution < 1.29 is 9.47 Å². The Bertz CT molecular complexity index is 496. The second-order valence-corrected chi connectivity index (χ2v) is 6.58. The highest BCUT2D eigenvalue weighted by Crippen LogP contribution is 2.37. The van der Waals surface area contributed by atoms with Crippen LogP contribution in [0.3, 0.4) is 0 Å². The Labute approximate surface area is 127 Å². The molecule has 0 spiro atoms. The highest BCUT2D eigenvalue weighted by molar-refractivity contribution is 5.44. The number of benzene rings is 1. The topological polar surface area (TPSA) is 47.7 Å². The van der Waals surface area contributed by atoms with Crippen LogP contribution in [0.25, 0.3) is 0 Å². The number of ether oxygens (including phenoxy) is 2. The molecule has 0 radical (unpaired) electrons. The molecule has 2 N–H and O–H groups in total. The molecule has 1 aromatic rings. The van der Waals surface area contributed by atoms with Crippen molar-refractivity contribution in [3.05, 3.63) is 23.8 Å². The molecule has 0 amide bonds. The lowest BCUT2D eigenvalue weighted by Crippen LogP contribution is -2.49.